The van der Waals surface area contributed by atoms with Crippen molar-refractivity contribution in [3.63, 3.8) is 0 Å². The van der Waals surface area contributed by atoms with Crippen LogP contribution < -0.4 is 10.4 Å². The number of Topliss-reactive ketones (excluding diaryl/α,β-unsaturated/α-hetero) is 1. The summed E-state index contributed by atoms with van der Waals surface area (Å²) in [5, 5.41) is 0. The number of fused-ring (bicyclic) bond motifs is 1. The number of carbonyl (C=O) groups excluding carboxylic acids is 1. The van der Waals surface area contributed by atoms with Crippen LogP contribution in [0.3, 0.4) is 0 Å². The highest BCUT2D eigenvalue weighted by molar-refractivity contribution is 5.98. The smallest absolute Gasteiger partial charge is 0.329 e. The summed E-state index contributed by atoms with van der Waals surface area (Å²) in [6.07, 6.45) is 0.858. The van der Waals surface area contributed by atoms with Crippen LogP contribution in [0.5, 0.6) is 5.75 Å². The molecule has 0 radical (unpaired) electrons. The zero-order valence-corrected chi connectivity index (χ0v) is 18.4. The third-order valence-corrected chi connectivity index (χ3v) is 6.01. The van der Waals surface area contributed by atoms with Gasteiger partial charge < -0.3 is 9.30 Å². The van der Waals surface area contributed by atoms with Gasteiger partial charge in [0.05, 0.1) is 24.7 Å². The Morgan fingerprint density at radius 2 is 1.65 bits per heavy atom. The van der Waals surface area contributed by atoms with Crippen LogP contribution in [0.4, 0.5) is 0 Å². The van der Waals surface area contributed by atoms with Crippen molar-refractivity contribution >= 4 is 16.8 Å². The summed E-state index contributed by atoms with van der Waals surface area (Å²) >= 11 is 0. The summed E-state index contributed by atoms with van der Waals surface area (Å²) in [6.45, 7) is 4.80. The third-order valence-electron chi connectivity index (χ3n) is 6.01. The van der Waals surface area contributed by atoms with Gasteiger partial charge in [-0.3, -0.25) is 13.9 Å². The van der Waals surface area contributed by atoms with Gasteiger partial charge in [0.25, 0.3) is 0 Å². The number of ketones is 1. The lowest BCUT2D eigenvalue weighted by Crippen LogP contribution is -2.25. The molecule has 4 aromatic rings. The molecular weight excluding hydrogens is 390 g/mol. The van der Waals surface area contributed by atoms with Crippen LogP contribution in [0.1, 0.15) is 27.3 Å². The maximum Gasteiger partial charge on any atom is 0.329 e. The Morgan fingerprint density at radius 3 is 2.32 bits per heavy atom. The number of carbonyl (C=O) groups is 1. The molecule has 2 aromatic heterocycles. The number of aryl methyl sites for hydroxylation is 3. The molecule has 6 nitrogen and oxygen atoms in total. The van der Waals surface area contributed by atoms with Crippen LogP contribution in [0.2, 0.25) is 0 Å². The molecule has 0 bridgehead atoms. The SMILES string of the molecule is COc1ccc(CCn2c(C)cc(C(=O)Cn3c(=O)n(C)c4ccccc43)c2C)cc1. The summed E-state index contributed by atoms with van der Waals surface area (Å²) in [5.74, 6) is 0.788. The first-order valence-electron chi connectivity index (χ1n) is 10.4. The first-order chi connectivity index (χ1) is 14.9. The summed E-state index contributed by atoms with van der Waals surface area (Å²) in [7, 11) is 3.39. The number of hydrogen-bond acceptors (Lipinski definition) is 3. The molecule has 31 heavy (non-hydrogen) atoms. The Hall–Kier alpha value is -3.54. The fourth-order valence-electron chi connectivity index (χ4n) is 4.21. The maximum absolute atomic E-state index is 13.2. The number of para-hydroxylation sites is 2. The van der Waals surface area contributed by atoms with Gasteiger partial charge in [0, 0.05) is 30.5 Å². The van der Waals surface area contributed by atoms with Gasteiger partial charge in [-0.15, -0.1) is 0 Å². The molecule has 0 aliphatic rings. The van der Waals surface area contributed by atoms with E-state index in [1.54, 1.807) is 23.3 Å². The van der Waals surface area contributed by atoms with Crippen LogP contribution in [0, 0.1) is 13.8 Å². The summed E-state index contributed by atoms with van der Waals surface area (Å²) in [6, 6.07) is 17.5. The average Bonchev–Trinajstić information content (AvgIpc) is 3.20. The second-order valence-electron chi connectivity index (χ2n) is 7.87. The monoisotopic (exact) mass is 417 g/mol. The van der Waals surface area contributed by atoms with Gasteiger partial charge in [-0.05, 0) is 56.2 Å². The highest BCUT2D eigenvalue weighted by Crippen LogP contribution is 2.19. The molecule has 4 rings (SSSR count). The molecule has 0 atom stereocenters. The predicted octanol–water partition coefficient (Wildman–Crippen LogP) is 3.89. The number of nitrogens with zero attached hydrogens (tertiary/aromatic N) is 3. The van der Waals surface area contributed by atoms with Crippen molar-refractivity contribution in [2.75, 3.05) is 7.11 Å². The summed E-state index contributed by atoms with van der Waals surface area (Å²) in [4.78, 5) is 25.8. The van der Waals surface area contributed by atoms with E-state index in [0.717, 1.165) is 41.1 Å². The highest BCUT2D eigenvalue weighted by Gasteiger charge is 2.19. The van der Waals surface area contributed by atoms with Gasteiger partial charge in [0.15, 0.2) is 5.78 Å². The van der Waals surface area contributed by atoms with Crippen molar-refractivity contribution < 1.29 is 9.53 Å². The van der Waals surface area contributed by atoms with Gasteiger partial charge in [-0.1, -0.05) is 24.3 Å². The molecule has 0 aliphatic heterocycles. The molecule has 2 aromatic carbocycles. The normalized spacial score (nSPS) is 11.2. The maximum atomic E-state index is 13.2. The first kappa shape index (κ1) is 20.7. The Morgan fingerprint density at radius 1 is 0.968 bits per heavy atom. The second kappa shape index (κ2) is 8.30. The number of methoxy groups -OCH3 is 1. The van der Waals surface area contributed by atoms with E-state index in [1.807, 2.05) is 56.3 Å². The van der Waals surface area contributed by atoms with E-state index in [-0.39, 0.29) is 18.0 Å². The van der Waals surface area contributed by atoms with Crippen molar-refractivity contribution in [3.8, 4) is 5.75 Å². The number of ether oxygens (including phenoxy) is 1. The molecule has 0 N–H and O–H groups in total. The van der Waals surface area contributed by atoms with Crippen molar-refractivity contribution in [1.82, 2.24) is 13.7 Å². The minimum Gasteiger partial charge on any atom is -0.497 e. The Bertz CT molecular complexity index is 1310. The molecule has 2 heterocycles. The van der Waals surface area contributed by atoms with Crippen LogP contribution >= 0.6 is 0 Å². The minimum absolute atomic E-state index is 0.0307. The van der Waals surface area contributed by atoms with Crippen LogP contribution in [0.25, 0.3) is 11.0 Å². The van der Waals surface area contributed by atoms with E-state index >= 15 is 0 Å². The molecule has 6 heteroatoms. The van der Waals surface area contributed by atoms with Gasteiger partial charge >= 0.3 is 5.69 Å². The van der Waals surface area contributed by atoms with Crippen LogP contribution in [-0.4, -0.2) is 26.6 Å². The number of hydrogen-bond donors (Lipinski definition) is 0. The second-order valence-corrected chi connectivity index (χ2v) is 7.87. The average molecular weight is 418 g/mol. The number of benzene rings is 2. The number of aromatic nitrogens is 3. The van der Waals surface area contributed by atoms with Crippen LogP contribution in [0.15, 0.2) is 59.4 Å². The van der Waals surface area contributed by atoms with Gasteiger partial charge in [0.1, 0.15) is 5.75 Å². The Labute approximate surface area is 181 Å². The molecular formula is C25H27N3O3. The lowest BCUT2D eigenvalue weighted by molar-refractivity contribution is 0.0971. The molecule has 0 aliphatic carbocycles. The quantitative estimate of drug-likeness (QED) is 0.429. The fourth-order valence-corrected chi connectivity index (χ4v) is 4.21. The molecule has 0 amide bonds. The van der Waals surface area contributed by atoms with E-state index in [1.165, 1.54) is 5.56 Å². The molecule has 0 saturated carbocycles. The molecule has 0 saturated heterocycles. The predicted molar refractivity (Wildman–Crippen MR) is 122 cm³/mol. The van der Waals surface area contributed by atoms with Gasteiger partial charge in [0.2, 0.25) is 0 Å². The lowest BCUT2D eigenvalue weighted by Gasteiger charge is -2.10. The summed E-state index contributed by atoms with van der Waals surface area (Å²) < 4.78 is 10.5. The zero-order valence-electron chi connectivity index (χ0n) is 18.4. The zero-order chi connectivity index (χ0) is 22.1. The first-order valence-corrected chi connectivity index (χ1v) is 10.4. The molecule has 0 fully saturated rings. The minimum atomic E-state index is -0.178. The van der Waals surface area contributed by atoms with Crippen molar-refractivity contribution in [3.05, 3.63) is 87.6 Å². The number of rotatable bonds is 7. The molecule has 0 unspecified atom stereocenters. The largest absolute Gasteiger partial charge is 0.497 e. The Kier molecular flexibility index (Phi) is 5.55. The lowest BCUT2D eigenvalue weighted by atomic mass is 10.1. The third kappa shape index (κ3) is 3.81. The number of imidazole rings is 1. The van der Waals surface area contributed by atoms with E-state index in [2.05, 4.69) is 16.7 Å². The highest BCUT2D eigenvalue weighted by atomic mass is 16.5. The van der Waals surface area contributed by atoms with E-state index in [0.29, 0.717) is 5.56 Å². The van der Waals surface area contributed by atoms with Gasteiger partial charge in [-0.2, -0.15) is 0 Å². The van der Waals surface area contributed by atoms with Crippen LogP contribution in [-0.2, 0) is 26.6 Å². The van der Waals surface area contributed by atoms with Crippen molar-refractivity contribution in [2.24, 2.45) is 7.05 Å². The molecule has 160 valence electrons. The van der Waals surface area contributed by atoms with E-state index in [9.17, 15) is 9.59 Å². The standard InChI is InChI=1S/C25H27N3O3/c1-17-15-21(18(2)27(17)14-13-19-9-11-20(31-4)12-10-19)24(29)16-28-23-8-6-5-7-22(23)26(3)25(28)30/h5-12,15H,13-14,16H2,1-4H3. The summed E-state index contributed by atoms with van der Waals surface area (Å²) in [5.41, 5.74) is 5.28. The van der Waals surface area contributed by atoms with Crippen molar-refractivity contribution in [1.29, 1.82) is 0 Å². The molecule has 0 spiro atoms. The van der Waals surface area contributed by atoms with Gasteiger partial charge in [-0.25, -0.2) is 4.79 Å². The van der Waals surface area contributed by atoms with E-state index in [4.69, 9.17) is 4.74 Å². The van der Waals surface area contributed by atoms with E-state index < -0.39 is 0 Å². The fraction of sp³-hybridized carbons (Fsp3) is 0.280. The Balaban J connectivity index is 1.56. The van der Waals surface area contributed by atoms with Crippen molar-refractivity contribution in [2.45, 2.75) is 33.4 Å². The topological polar surface area (TPSA) is 58.2 Å².